The molecule has 0 radical (unpaired) electrons. The van der Waals surface area contributed by atoms with Gasteiger partial charge in [-0.1, -0.05) is 218 Å². The van der Waals surface area contributed by atoms with E-state index in [4.69, 9.17) is 4.74 Å². The van der Waals surface area contributed by atoms with Crippen molar-refractivity contribution < 1.29 is 4.74 Å². The fourth-order valence-corrected chi connectivity index (χ4v) is 21.5. The molecule has 0 atom stereocenters. The smallest absolute Gasteiger partial charge is 0.256 e. The lowest BCUT2D eigenvalue weighted by Crippen LogP contribution is -2.64. The molecule has 4 aliphatic heterocycles. The number of nitrogens with zero attached hydrogens (tertiary/aromatic N) is 5. The summed E-state index contributed by atoms with van der Waals surface area (Å²) in [5.41, 5.74) is 25.6. The number of benzene rings is 16. The van der Waals surface area contributed by atoms with E-state index in [1.807, 2.05) is 34.0 Å². The monoisotopic (exact) mass is 1420 g/mol. The SMILES string of the molecule is c1ccc(-c2ccccc2N2c3cc4c(cc3B3c5ccccc5N(c5cccc6sc7ccccc7c56)c5cc(N(c6ccccc6)c6ccccc6)cc2c53)B2c3ccccc3N(c3cccc5sc6ccccc6c35)c3cc(N(c5ccccc5)c5cccc6sc7ccccc7c56)cc(c32)O4)cc1. The lowest BCUT2D eigenvalue weighted by Gasteiger charge is -2.46. The summed E-state index contributed by atoms with van der Waals surface area (Å²) in [6, 6.07) is 133. The Balaban J connectivity index is 0.831. The molecule has 0 fully saturated rings. The van der Waals surface area contributed by atoms with Crippen molar-refractivity contribution in [3.05, 3.63) is 358 Å². The molecule has 0 saturated heterocycles. The van der Waals surface area contributed by atoms with Crippen LogP contribution < -0.4 is 62.0 Å². The van der Waals surface area contributed by atoms with Crippen LogP contribution in [0.1, 0.15) is 0 Å². The van der Waals surface area contributed by atoms with Crippen LogP contribution in [0.2, 0.25) is 0 Å². The fraction of sp³-hybridized carbons (Fsp3) is 0. The molecular weight excluding hydrogens is 1360 g/mol. The molecule has 16 aromatic carbocycles. The number of anilines is 15. The van der Waals surface area contributed by atoms with Crippen molar-refractivity contribution in [2.75, 3.05) is 24.5 Å². The summed E-state index contributed by atoms with van der Waals surface area (Å²) in [5, 5.41) is 7.42. The first kappa shape index (κ1) is 60.5. The van der Waals surface area contributed by atoms with E-state index in [9.17, 15) is 0 Å². The first-order valence-corrected chi connectivity index (χ1v) is 39.0. The molecule has 3 aromatic heterocycles. The first-order chi connectivity index (χ1) is 53.1. The van der Waals surface area contributed by atoms with E-state index < -0.39 is 0 Å². The molecule has 107 heavy (non-hydrogen) atoms. The predicted octanol–water partition coefficient (Wildman–Crippen LogP) is 23.9. The Morgan fingerprint density at radius 1 is 0.243 bits per heavy atom. The predicted molar refractivity (Wildman–Crippen MR) is 460 cm³/mol. The minimum absolute atomic E-state index is 0.249. The highest BCUT2D eigenvalue weighted by molar-refractivity contribution is 7.26. The molecule has 498 valence electrons. The minimum atomic E-state index is -0.262. The molecule has 6 nitrogen and oxygen atoms in total. The summed E-state index contributed by atoms with van der Waals surface area (Å²) < 4.78 is 15.6. The Hall–Kier alpha value is -12.9. The van der Waals surface area contributed by atoms with Gasteiger partial charge in [0.15, 0.2) is 0 Å². The van der Waals surface area contributed by atoms with Crippen LogP contribution in [0.4, 0.5) is 85.3 Å². The van der Waals surface area contributed by atoms with E-state index in [1.165, 1.54) is 82.4 Å². The number of fused-ring (bicyclic) bond motifs is 17. The zero-order chi connectivity index (χ0) is 70.0. The molecule has 0 N–H and O–H groups in total. The van der Waals surface area contributed by atoms with Gasteiger partial charge in [0, 0.05) is 129 Å². The van der Waals surface area contributed by atoms with Crippen LogP contribution in [-0.2, 0) is 0 Å². The fourth-order valence-electron chi connectivity index (χ4n) is 18.1. The van der Waals surface area contributed by atoms with Crippen molar-refractivity contribution in [3.8, 4) is 22.6 Å². The Bertz CT molecular complexity index is 6840. The van der Waals surface area contributed by atoms with Gasteiger partial charge < -0.3 is 29.2 Å². The first-order valence-electron chi connectivity index (χ1n) is 36.5. The largest absolute Gasteiger partial charge is 0.458 e. The number of rotatable bonds is 10. The average molecular weight is 1420 g/mol. The third-order valence-corrected chi connectivity index (χ3v) is 25.8. The molecule has 23 rings (SSSR count). The number of ether oxygens (including phenoxy) is 1. The molecule has 0 amide bonds. The quantitative estimate of drug-likeness (QED) is 0.127. The Labute approximate surface area is 631 Å². The van der Waals surface area contributed by atoms with Gasteiger partial charge in [-0.3, -0.25) is 0 Å². The number of para-hydroxylation sites is 6. The molecule has 0 aliphatic carbocycles. The van der Waals surface area contributed by atoms with E-state index in [1.54, 1.807) is 0 Å². The maximum Gasteiger partial charge on any atom is 0.256 e. The Morgan fingerprint density at radius 2 is 0.645 bits per heavy atom. The van der Waals surface area contributed by atoms with E-state index >= 15 is 0 Å². The maximum absolute atomic E-state index is 8.13. The molecule has 7 heterocycles. The minimum Gasteiger partial charge on any atom is -0.458 e. The Morgan fingerprint density at radius 3 is 1.21 bits per heavy atom. The number of thiophene rings is 3. The molecule has 0 spiro atoms. The molecular formula is C96H59B2N5OS3. The molecule has 0 unspecified atom stereocenters. The lowest BCUT2D eigenvalue weighted by atomic mass is 9.30. The van der Waals surface area contributed by atoms with E-state index in [-0.39, 0.29) is 13.4 Å². The molecule has 19 aromatic rings. The van der Waals surface area contributed by atoms with Gasteiger partial charge in [-0.15, -0.1) is 34.0 Å². The van der Waals surface area contributed by atoms with Gasteiger partial charge in [-0.05, 0) is 166 Å². The van der Waals surface area contributed by atoms with Crippen molar-refractivity contribution in [2.45, 2.75) is 0 Å². The topological polar surface area (TPSA) is 25.4 Å². The second-order valence-electron chi connectivity index (χ2n) is 28.1. The number of hydrogen-bond donors (Lipinski definition) is 0. The van der Waals surface area contributed by atoms with Crippen LogP contribution in [0.3, 0.4) is 0 Å². The standard InChI is InChI=1S/C96H59B2N5OS3/c1-5-28-60(29-6-1)66-36-13-19-42-74(66)101-80-59-84-73(58-72(80)97-70-40-17-20-43-75(70)102(78-46-26-52-90-93(78)68-38-15-23-49-87(68)106-90)82-55-64(54-81(101)95(82)97)99(61-30-7-2-8-31-61)62-32-9-3-10-33-62)98-71-41-18-21-44-76(71)103(79-47-27-53-91-94(79)69-39-16-24-50-88(69)107-91)83-56-65(57-85(104-84)96(83)98)100(63-34-11-4-12-35-63)77-45-25-51-89-92(77)67-37-14-22-48-86(67)105-89/h1-59H. The summed E-state index contributed by atoms with van der Waals surface area (Å²) in [5.74, 6) is 1.63. The zero-order valence-corrected chi connectivity index (χ0v) is 60.0. The van der Waals surface area contributed by atoms with Crippen LogP contribution in [0.25, 0.3) is 71.6 Å². The summed E-state index contributed by atoms with van der Waals surface area (Å²) in [6.45, 7) is -0.512. The summed E-state index contributed by atoms with van der Waals surface area (Å²) in [7, 11) is 0. The van der Waals surface area contributed by atoms with E-state index in [0.717, 1.165) is 119 Å². The van der Waals surface area contributed by atoms with Gasteiger partial charge in [-0.2, -0.15) is 0 Å². The van der Waals surface area contributed by atoms with E-state index in [0.29, 0.717) is 0 Å². The van der Waals surface area contributed by atoms with Crippen molar-refractivity contribution in [3.63, 3.8) is 0 Å². The summed E-state index contributed by atoms with van der Waals surface area (Å²) in [4.78, 5) is 12.7. The second-order valence-corrected chi connectivity index (χ2v) is 31.4. The average Bonchev–Trinajstić information content (AvgIpc) is 0.842. The third-order valence-electron chi connectivity index (χ3n) is 22.4. The molecule has 11 heteroatoms. The normalized spacial score (nSPS) is 13.0. The highest BCUT2D eigenvalue weighted by Gasteiger charge is 2.49. The van der Waals surface area contributed by atoms with Crippen molar-refractivity contribution in [1.29, 1.82) is 0 Å². The van der Waals surface area contributed by atoms with Crippen LogP contribution >= 0.6 is 34.0 Å². The summed E-state index contributed by atoms with van der Waals surface area (Å²) in [6.07, 6.45) is 0. The van der Waals surface area contributed by atoms with Gasteiger partial charge >= 0.3 is 0 Å². The second kappa shape index (κ2) is 23.8. The van der Waals surface area contributed by atoms with Gasteiger partial charge in [0.05, 0.1) is 34.1 Å². The van der Waals surface area contributed by atoms with Crippen molar-refractivity contribution in [2.24, 2.45) is 0 Å². The van der Waals surface area contributed by atoms with Crippen LogP contribution in [0.5, 0.6) is 11.5 Å². The molecule has 0 saturated carbocycles. The Kier molecular flexibility index (Phi) is 13.5. The number of hydrogen-bond acceptors (Lipinski definition) is 9. The van der Waals surface area contributed by atoms with Crippen LogP contribution in [0.15, 0.2) is 358 Å². The maximum atomic E-state index is 8.13. The van der Waals surface area contributed by atoms with Gasteiger partial charge in [0.25, 0.3) is 13.4 Å². The van der Waals surface area contributed by atoms with Crippen molar-refractivity contribution in [1.82, 2.24) is 0 Å². The highest BCUT2D eigenvalue weighted by atomic mass is 32.1. The van der Waals surface area contributed by atoms with Crippen LogP contribution in [0, 0.1) is 0 Å². The lowest BCUT2D eigenvalue weighted by molar-refractivity contribution is 0.488. The summed E-state index contributed by atoms with van der Waals surface area (Å²) >= 11 is 5.57. The van der Waals surface area contributed by atoms with Gasteiger partial charge in [-0.25, -0.2) is 0 Å². The molecule has 4 aliphatic rings. The van der Waals surface area contributed by atoms with Crippen LogP contribution in [-0.4, -0.2) is 13.4 Å². The van der Waals surface area contributed by atoms with Gasteiger partial charge in [0.1, 0.15) is 11.5 Å². The van der Waals surface area contributed by atoms with E-state index in [2.05, 4.69) is 382 Å². The zero-order valence-electron chi connectivity index (χ0n) is 57.6. The van der Waals surface area contributed by atoms with Gasteiger partial charge in [0.2, 0.25) is 0 Å². The molecule has 0 bridgehead atoms. The van der Waals surface area contributed by atoms with Crippen molar-refractivity contribution >= 4 is 226 Å². The highest BCUT2D eigenvalue weighted by Crippen LogP contribution is 2.56. The third kappa shape index (κ3) is 9.12.